The fourth-order valence-electron chi connectivity index (χ4n) is 1.65. The third-order valence-electron chi connectivity index (χ3n) is 2.64. The number of carbonyl (C=O) groups is 1. The van der Waals surface area contributed by atoms with E-state index in [1.807, 2.05) is 0 Å². The van der Waals surface area contributed by atoms with E-state index >= 15 is 0 Å². The van der Waals surface area contributed by atoms with E-state index in [-0.39, 0.29) is 23.5 Å². The van der Waals surface area contributed by atoms with Crippen LogP contribution >= 0.6 is 0 Å². The maximum atomic E-state index is 13.1. The van der Waals surface area contributed by atoms with Crippen molar-refractivity contribution in [1.29, 1.82) is 5.26 Å². The van der Waals surface area contributed by atoms with Crippen molar-refractivity contribution in [1.82, 2.24) is 0 Å². The van der Waals surface area contributed by atoms with Gasteiger partial charge in [0, 0.05) is 0 Å². The third-order valence-corrected chi connectivity index (χ3v) is 2.64. The van der Waals surface area contributed by atoms with Gasteiger partial charge in [0.1, 0.15) is 30.1 Å². The minimum atomic E-state index is -0.605. The molecular formula is C15H9F2NO2. The summed E-state index contributed by atoms with van der Waals surface area (Å²) in [5.74, 6) is -0.913. The standard InChI is InChI=1S/C15H9F2NO2/c16-13-2-4-15(12(6-13)8-19)20-9-10-1-3-14(17)11(5-10)7-18/h1-6,8H,9H2. The number of carbonyl (C=O) groups excluding carboxylic acids is 1. The van der Waals surface area contributed by atoms with E-state index in [4.69, 9.17) is 10.00 Å². The second-order valence-electron chi connectivity index (χ2n) is 4.01. The van der Waals surface area contributed by atoms with Crippen LogP contribution in [0, 0.1) is 23.0 Å². The first-order valence-corrected chi connectivity index (χ1v) is 5.70. The number of halogens is 2. The van der Waals surface area contributed by atoms with Gasteiger partial charge in [0.15, 0.2) is 6.29 Å². The number of hydrogen-bond donors (Lipinski definition) is 0. The fraction of sp³-hybridized carbons (Fsp3) is 0.0667. The summed E-state index contributed by atoms with van der Waals surface area (Å²) in [6, 6.07) is 9.31. The van der Waals surface area contributed by atoms with Crippen molar-refractivity contribution in [3.63, 3.8) is 0 Å². The van der Waals surface area contributed by atoms with E-state index < -0.39 is 11.6 Å². The molecule has 0 aromatic heterocycles. The molecular weight excluding hydrogens is 264 g/mol. The third kappa shape index (κ3) is 2.98. The molecule has 0 spiro atoms. The predicted octanol–water partition coefficient (Wildman–Crippen LogP) is 3.23. The van der Waals surface area contributed by atoms with Crippen molar-refractivity contribution >= 4 is 6.29 Å². The summed E-state index contributed by atoms with van der Waals surface area (Å²) in [7, 11) is 0. The number of hydrogen-bond acceptors (Lipinski definition) is 3. The van der Waals surface area contributed by atoms with Crippen LogP contribution in [-0.4, -0.2) is 6.29 Å². The first-order valence-electron chi connectivity index (χ1n) is 5.70. The van der Waals surface area contributed by atoms with Gasteiger partial charge in [-0.05, 0) is 35.9 Å². The van der Waals surface area contributed by atoms with E-state index in [1.165, 1.54) is 30.3 Å². The molecule has 2 rings (SSSR count). The first-order chi connectivity index (χ1) is 9.63. The Labute approximate surface area is 114 Å². The van der Waals surface area contributed by atoms with Crippen molar-refractivity contribution in [2.24, 2.45) is 0 Å². The molecule has 0 saturated heterocycles. The van der Waals surface area contributed by atoms with Crippen molar-refractivity contribution in [3.05, 3.63) is 64.7 Å². The fourth-order valence-corrected chi connectivity index (χ4v) is 1.65. The zero-order chi connectivity index (χ0) is 14.5. The van der Waals surface area contributed by atoms with Gasteiger partial charge in [-0.2, -0.15) is 5.26 Å². The SMILES string of the molecule is N#Cc1cc(COc2ccc(F)cc2C=O)ccc1F. The summed E-state index contributed by atoms with van der Waals surface area (Å²) >= 11 is 0. The van der Waals surface area contributed by atoms with Crippen LogP contribution < -0.4 is 4.74 Å². The molecule has 0 fully saturated rings. The molecule has 0 amide bonds. The molecule has 3 nitrogen and oxygen atoms in total. The second-order valence-corrected chi connectivity index (χ2v) is 4.01. The average molecular weight is 273 g/mol. The molecule has 0 aliphatic heterocycles. The number of nitrogens with zero attached hydrogens (tertiary/aromatic N) is 1. The van der Waals surface area contributed by atoms with Gasteiger partial charge in [-0.15, -0.1) is 0 Å². The Morgan fingerprint density at radius 1 is 1.20 bits per heavy atom. The number of aldehydes is 1. The zero-order valence-corrected chi connectivity index (χ0v) is 10.3. The lowest BCUT2D eigenvalue weighted by molar-refractivity contribution is 0.111. The molecule has 0 aliphatic rings. The van der Waals surface area contributed by atoms with Gasteiger partial charge >= 0.3 is 0 Å². The molecule has 0 bridgehead atoms. The highest BCUT2D eigenvalue weighted by Gasteiger charge is 2.07. The van der Waals surface area contributed by atoms with E-state index in [1.54, 1.807) is 6.07 Å². The number of rotatable bonds is 4. The number of ether oxygens (including phenoxy) is 1. The van der Waals surface area contributed by atoms with E-state index in [9.17, 15) is 13.6 Å². The Hall–Kier alpha value is -2.74. The quantitative estimate of drug-likeness (QED) is 0.803. The molecule has 2 aromatic carbocycles. The van der Waals surface area contributed by atoms with Gasteiger partial charge in [0.05, 0.1) is 11.1 Å². The highest BCUT2D eigenvalue weighted by atomic mass is 19.1. The summed E-state index contributed by atoms with van der Waals surface area (Å²) in [5.41, 5.74) is 0.581. The van der Waals surface area contributed by atoms with Crippen molar-refractivity contribution < 1.29 is 18.3 Å². The minimum absolute atomic E-state index is 0.0431. The molecule has 100 valence electrons. The first kappa shape index (κ1) is 13.7. The highest BCUT2D eigenvalue weighted by molar-refractivity contribution is 5.79. The van der Waals surface area contributed by atoms with Crippen LogP contribution in [0.3, 0.4) is 0 Å². The summed E-state index contributed by atoms with van der Waals surface area (Å²) in [6.45, 7) is 0.0431. The molecule has 0 saturated carbocycles. The largest absolute Gasteiger partial charge is 0.488 e. The Morgan fingerprint density at radius 2 is 2.00 bits per heavy atom. The number of nitriles is 1. The number of benzene rings is 2. The molecule has 0 unspecified atom stereocenters. The minimum Gasteiger partial charge on any atom is -0.488 e. The Morgan fingerprint density at radius 3 is 2.70 bits per heavy atom. The van der Waals surface area contributed by atoms with Gasteiger partial charge in [0.25, 0.3) is 0 Å². The molecule has 0 heterocycles. The van der Waals surface area contributed by atoms with E-state index in [0.717, 1.165) is 6.07 Å². The lowest BCUT2D eigenvalue weighted by Crippen LogP contribution is -2.00. The topological polar surface area (TPSA) is 50.1 Å². The summed E-state index contributed by atoms with van der Waals surface area (Å²) < 4.78 is 31.5. The van der Waals surface area contributed by atoms with Gasteiger partial charge in [-0.3, -0.25) is 4.79 Å². The second kappa shape index (κ2) is 5.93. The van der Waals surface area contributed by atoms with Crippen LogP contribution in [0.25, 0.3) is 0 Å². The molecule has 20 heavy (non-hydrogen) atoms. The van der Waals surface area contributed by atoms with Gasteiger partial charge in [0.2, 0.25) is 0 Å². The molecule has 0 radical (unpaired) electrons. The van der Waals surface area contributed by atoms with Crippen molar-refractivity contribution in [2.75, 3.05) is 0 Å². The maximum absolute atomic E-state index is 13.1. The van der Waals surface area contributed by atoms with E-state index in [2.05, 4.69) is 0 Å². The molecule has 5 heteroatoms. The lowest BCUT2D eigenvalue weighted by Gasteiger charge is -2.09. The van der Waals surface area contributed by atoms with Gasteiger partial charge < -0.3 is 4.74 Å². The van der Waals surface area contributed by atoms with Crippen LogP contribution in [-0.2, 0) is 6.61 Å². The summed E-state index contributed by atoms with van der Waals surface area (Å²) in [5, 5.41) is 8.72. The normalized spacial score (nSPS) is 9.85. The lowest BCUT2D eigenvalue weighted by atomic mass is 10.1. The van der Waals surface area contributed by atoms with Crippen LogP contribution in [0.5, 0.6) is 5.75 Å². The van der Waals surface area contributed by atoms with Crippen LogP contribution in [0.4, 0.5) is 8.78 Å². The summed E-state index contributed by atoms with van der Waals surface area (Å²) in [6.07, 6.45) is 0.490. The molecule has 0 aliphatic carbocycles. The monoisotopic (exact) mass is 273 g/mol. The van der Waals surface area contributed by atoms with Crippen molar-refractivity contribution in [2.45, 2.75) is 6.61 Å². The average Bonchev–Trinajstić information content (AvgIpc) is 2.47. The Bertz CT molecular complexity index is 693. The molecule has 2 aromatic rings. The maximum Gasteiger partial charge on any atom is 0.153 e. The zero-order valence-electron chi connectivity index (χ0n) is 10.3. The summed E-state index contributed by atoms with van der Waals surface area (Å²) in [4.78, 5) is 10.8. The smallest absolute Gasteiger partial charge is 0.153 e. The predicted molar refractivity (Wildman–Crippen MR) is 67.2 cm³/mol. The Kier molecular flexibility index (Phi) is 4.06. The van der Waals surface area contributed by atoms with Crippen molar-refractivity contribution in [3.8, 4) is 11.8 Å². The van der Waals surface area contributed by atoms with E-state index in [0.29, 0.717) is 11.8 Å². The molecule has 0 atom stereocenters. The van der Waals surface area contributed by atoms with Gasteiger partial charge in [-0.1, -0.05) is 6.07 Å². The Balaban J connectivity index is 2.17. The van der Waals surface area contributed by atoms with Crippen LogP contribution in [0.15, 0.2) is 36.4 Å². The highest BCUT2D eigenvalue weighted by Crippen LogP contribution is 2.20. The van der Waals surface area contributed by atoms with Crippen LogP contribution in [0.1, 0.15) is 21.5 Å². The van der Waals surface area contributed by atoms with Crippen LogP contribution in [0.2, 0.25) is 0 Å². The van der Waals surface area contributed by atoms with Gasteiger partial charge in [-0.25, -0.2) is 8.78 Å². The molecule has 0 N–H and O–H groups in total.